The summed E-state index contributed by atoms with van der Waals surface area (Å²) in [7, 11) is 0. The Kier molecular flexibility index (Phi) is 5.04. The molecule has 4 rings (SSSR count). The molecule has 150 valence electrons. The molecule has 1 aliphatic rings. The van der Waals surface area contributed by atoms with Crippen LogP contribution in [0, 0.1) is 29.2 Å². The first-order chi connectivity index (χ1) is 13.8. The van der Waals surface area contributed by atoms with Crippen molar-refractivity contribution < 1.29 is 22.4 Å². The number of hydrogen-bond donors (Lipinski definition) is 1. The van der Waals surface area contributed by atoms with Crippen molar-refractivity contribution in [2.24, 2.45) is 5.92 Å². The molecule has 0 bridgehead atoms. The number of carbonyl (C=O) groups excluding carboxylic acids is 1. The van der Waals surface area contributed by atoms with Crippen molar-refractivity contribution in [1.82, 2.24) is 9.78 Å². The Morgan fingerprint density at radius 2 is 1.86 bits per heavy atom. The standard InChI is InChI=1S/C20H14ClF4N3O/c21-11-3-1-10(2-4-11)13-5-14(13)20(29)27-12-7-26-28(8-12)9-15-16(22)6-17(23)19(25)18(15)24/h1-4,6-8,13-14H,5,9H2,(H,27,29). The van der Waals surface area contributed by atoms with Crippen LogP contribution in [0.3, 0.4) is 0 Å². The SMILES string of the molecule is O=C(Nc1cnn(Cc2c(F)cc(F)c(F)c2F)c1)C1CC1c1ccc(Cl)cc1. The average Bonchev–Trinajstić information content (AvgIpc) is 3.37. The molecule has 3 aromatic rings. The summed E-state index contributed by atoms with van der Waals surface area (Å²) in [5.41, 5.74) is 0.699. The van der Waals surface area contributed by atoms with Gasteiger partial charge in [-0.1, -0.05) is 23.7 Å². The molecule has 1 aromatic heterocycles. The molecular weight excluding hydrogens is 410 g/mol. The van der Waals surface area contributed by atoms with Crippen molar-refractivity contribution in [2.75, 3.05) is 5.32 Å². The van der Waals surface area contributed by atoms with Gasteiger partial charge in [-0.2, -0.15) is 5.10 Å². The van der Waals surface area contributed by atoms with E-state index in [0.717, 1.165) is 10.2 Å². The smallest absolute Gasteiger partial charge is 0.228 e. The van der Waals surface area contributed by atoms with Crippen LogP contribution in [0.25, 0.3) is 0 Å². The van der Waals surface area contributed by atoms with Crippen LogP contribution in [0.4, 0.5) is 23.2 Å². The molecule has 2 aromatic carbocycles. The van der Waals surface area contributed by atoms with E-state index in [9.17, 15) is 22.4 Å². The number of nitrogens with zero attached hydrogens (tertiary/aromatic N) is 2. The predicted molar refractivity (Wildman–Crippen MR) is 98.5 cm³/mol. The van der Waals surface area contributed by atoms with Gasteiger partial charge in [-0.3, -0.25) is 9.48 Å². The molecule has 2 unspecified atom stereocenters. The van der Waals surface area contributed by atoms with E-state index in [1.165, 1.54) is 12.4 Å². The van der Waals surface area contributed by atoms with Crippen LogP contribution in [0.15, 0.2) is 42.7 Å². The number of aromatic nitrogens is 2. The number of nitrogens with one attached hydrogen (secondary N) is 1. The monoisotopic (exact) mass is 423 g/mol. The maximum Gasteiger partial charge on any atom is 0.228 e. The molecule has 9 heteroatoms. The Morgan fingerprint density at radius 1 is 1.14 bits per heavy atom. The van der Waals surface area contributed by atoms with Crippen molar-refractivity contribution in [1.29, 1.82) is 0 Å². The Labute approximate surface area is 168 Å². The topological polar surface area (TPSA) is 46.9 Å². The molecule has 0 radical (unpaired) electrons. The molecule has 4 nitrogen and oxygen atoms in total. The predicted octanol–water partition coefficient (Wildman–Crippen LogP) is 4.88. The normalized spacial score (nSPS) is 18.0. The van der Waals surface area contributed by atoms with E-state index in [4.69, 9.17) is 11.6 Å². The molecule has 0 aliphatic heterocycles. The van der Waals surface area contributed by atoms with Gasteiger partial charge in [0.2, 0.25) is 5.91 Å². The Morgan fingerprint density at radius 3 is 2.59 bits per heavy atom. The number of hydrogen-bond acceptors (Lipinski definition) is 2. The number of rotatable bonds is 5. The first-order valence-corrected chi connectivity index (χ1v) is 9.12. The van der Waals surface area contributed by atoms with Crippen molar-refractivity contribution in [3.63, 3.8) is 0 Å². The quantitative estimate of drug-likeness (QED) is 0.361. The minimum Gasteiger partial charge on any atom is -0.323 e. The summed E-state index contributed by atoms with van der Waals surface area (Å²) in [6.45, 7) is -0.457. The lowest BCUT2D eigenvalue weighted by atomic mass is 10.1. The summed E-state index contributed by atoms with van der Waals surface area (Å²) < 4.78 is 55.1. The Balaban J connectivity index is 1.41. The van der Waals surface area contributed by atoms with Gasteiger partial charge in [-0.05, 0) is 30.0 Å². The van der Waals surface area contributed by atoms with Crippen molar-refractivity contribution in [2.45, 2.75) is 18.9 Å². The van der Waals surface area contributed by atoms with Crippen molar-refractivity contribution in [3.8, 4) is 0 Å². The number of carbonyl (C=O) groups is 1. The molecule has 0 saturated heterocycles. The highest BCUT2D eigenvalue weighted by atomic mass is 35.5. The number of benzene rings is 2. The van der Waals surface area contributed by atoms with Gasteiger partial charge in [0.15, 0.2) is 17.5 Å². The largest absolute Gasteiger partial charge is 0.323 e. The summed E-state index contributed by atoms with van der Waals surface area (Å²) in [5.74, 6) is -6.46. The summed E-state index contributed by atoms with van der Waals surface area (Å²) in [5, 5.41) is 7.23. The fraction of sp³-hybridized carbons (Fsp3) is 0.200. The second kappa shape index (κ2) is 7.51. The summed E-state index contributed by atoms with van der Waals surface area (Å²) in [6, 6.07) is 7.58. The molecule has 0 spiro atoms. The van der Waals surface area contributed by atoms with Crippen LogP contribution < -0.4 is 5.32 Å². The van der Waals surface area contributed by atoms with Crippen LogP contribution in [0.1, 0.15) is 23.5 Å². The first-order valence-electron chi connectivity index (χ1n) is 8.74. The minimum atomic E-state index is -1.75. The van der Waals surface area contributed by atoms with Crippen LogP contribution in [-0.4, -0.2) is 15.7 Å². The molecule has 1 fully saturated rings. The summed E-state index contributed by atoms with van der Waals surface area (Å²) >= 11 is 5.86. The van der Waals surface area contributed by atoms with Gasteiger partial charge in [-0.25, -0.2) is 17.6 Å². The molecule has 29 heavy (non-hydrogen) atoms. The maximum absolute atomic E-state index is 13.8. The van der Waals surface area contributed by atoms with Gasteiger partial charge in [0, 0.05) is 28.8 Å². The van der Waals surface area contributed by atoms with Gasteiger partial charge in [0.05, 0.1) is 18.4 Å². The zero-order valence-corrected chi connectivity index (χ0v) is 15.6. The van der Waals surface area contributed by atoms with Crippen LogP contribution >= 0.6 is 11.6 Å². The zero-order chi connectivity index (χ0) is 20.7. The van der Waals surface area contributed by atoms with Gasteiger partial charge >= 0.3 is 0 Å². The zero-order valence-electron chi connectivity index (χ0n) is 14.8. The minimum absolute atomic E-state index is 0.104. The third-order valence-electron chi connectivity index (χ3n) is 4.86. The van der Waals surface area contributed by atoms with Gasteiger partial charge < -0.3 is 5.32 Å². The van der Waals surface area contributed by atoms with Crippen LogP contribution in [0.2, 0.25) is 5.02 Å². The fourth-order valence-corrected chi connectivity index (χ4v) is 3.35. The third kappa shape index (κ3) is 3.98. The molecule has 1 saturated carbocycles. The van der Waals surface area contributed by atoms with Gasteiger partial charge in [0.1, 0.15) is 5.82 Å². The summed E-state index contributed by atoms with van der Waals surface area (Å²) in [4.78, 5) is 12.4. The van der Waals surface area contributed by atoms with Crippen LogP contribution in [-0.2, 0) is 11.3 Å². The highest BCUT2D eigenvalue weighted by Gasteiger charge is 2.43. The molecule has 1 amide bonds. The first kappa shape index (κ1) is 19.4. The van der Waals surface area contributed by atoms with E-state index in [1.807, 2.05) is 12.1 Å². The average molecular weight is 424 g/mol. The molecule has 2 atom stereocenters. The Bertz CT molecular complexity index is 1080. The van der Waals surface area contributed by atoms with E-state index in [-0.39, 0.29) is 23.8 Å². The van der Waals surface area contributed by atoms with E-state index in [0.29, 0.717) is 17.1 Å². The highest BCUT2D eigenvalue weighted by Crippen LogP contribution is 2.48. The molecular formula is C20H14ClF4N3O. The van der Waals surface area contributed by atoms with E-state index >= 15 is 0 Å². The molecule has 1 N–H and O–H groups in total. The molecule has 1 heterocycles. The maximum atomic E-state index is 13.8. The second-order valence-corrected chi connectivity index (χ2v) is 7.30. The highest BCUT2D eigenvalue weighted by molar-refractivity contribution is 6.30. The van der Waals surface area contributed by atoms with E-state index in [1.54, 1.807) is 12.1 Å². The number of anilines is 1. The van der Waals surface area contributed by atoms with Gasteiger partial charge in [0.25, 0.3) is 0 Å². The van der Waals surface area contributed by atoms with Crippen molar-refractivity contribution in [3.05, 3.63) is 82.1 Å². The number of halogens is 5. The third-order valence-corrected chi connectivity index (χ3v) is 5.11. The second-order valence-electron chi connectivity index (χ2n) is 6.86. The van der Waals surface area contributed by atoms with E-state index in [2.05, 4.69) is 10.4 Å². The van der Waals surface area contributed by atoms with Gasteiger partial charge in [-0.15, -0.1) is 0 Å². The fourth-order valence-electron chi connectivity index (χ4n) is 3.22. The molecule has 1 aliphatic carbocycles. The van der Waals surface area contributed by atoms with Crippen molar-refractivity contribution >= 4 is 23.2 Å². The number of amides is 1. The van der Waals surface area contributed by atoms with E-state index < -0.39 is 35.4 Å². The Hall–Kier alpha value is -2.87. The lowest BCUT2D eigenvalue weighted by Crippen LogP contribution is -2.14. The van der Waals surface area contributed by atoms with Crippen LogP contribution in [0.5, 0.6) is 0 Å². The lowest BCUT2D eigenvalue weighted by Gasteiger charge is -2.07. The summed E-state index contributed by atoms with van der Waals surface area (Å²) in [6.07, 6.45) is 3.37. The lowest BCUT2D eigenvalue weighted by molar-refractivity contribution is -0.117.